The monoisotopic (exact) mass is 518 g/mol. The lowest BCUT2D eigenvalue weighted by molar-refractivity contribution is -0.139. The van der Waals surface area contributed by atoms with Gasteiger partial charge >= 0.3 is 0 Å². The first-order valence-corrected chi connectivity index (χ1v) is 14.1. The number of allylic oxidation sites excluding steroid dienone is 1. The molecule has 1 atom stereocenters. The fourth-order valence-electron chi connectivity index (χ4n) is 5.25. The van der Waals surface area contributed by atoms with Crippen molar-refractivity contribution in [2.24, 2.45) is 0 Å². The number of ether oxygens (including phenoxy) is 2. The van der Waals surface area contributed by atoms with Gasteiger partial charge in [-0.3, -0.25) is 9.59 Å². The summed E-state index contributed by atoms with van der Waals surface area (Å²) in [6.45, 7) is 4.36. The molecule has 1 fully saturated rings. The lowest BCUT2D eigenvalue weighted by Crippen LogP contribution is -2.47. The van der Waals surface area contributed by atoms with Crippen molar-refractivity contribution in [1.29, 1.82) is 0 Å². The lowest BCUT2D eigenvalue weighted by atomic mass is 9.96. The molecule has 0 aliphatic heterocycles. The van der Waals surface area contributed by atoms with Crippen LogP contribution in [0.5, 0.6) is 11.5 Å². The molecule has 200 valence electrons. The van der Waals surface area contributed by atoms with Gasteiger partial charge in [0.1, 0.15) is 11.9 Å². The first kappa shape index (κ1) is 28.4. The van der Waals surface area contributed by atoms with Crippen LogP contribution in [0.2, 0.25) is 0 Å². The first-order chi connectivity index (χ1) is 17.4. The van der Waals surface area contributed by atoms with Crippen LogP contribution in [-0.4, -0.2) is 48.4 Å². The average Bonchev–Trinajstić information content (AvgIpc) is 3.15. The molecular weight excluding hydrogens is 476 g/mol. The number of carbonyl (C=O) groups is 2. The van der Waals surface area contributed by atoms with Gasteiger partial charge in [-0.1, -0.05) is 43.4 Å². The van der Waals surface area contributed by atoms with Crippen LogP contribution in [0.4, 0.5) is 0 Å². The summed E-state index contributed by atoms with van der Waals surface area (Å²) in [4.78, 5) is 28.7. The van der Waals surface area contributed by atoms with Crippen molar-refractivity contribution in [2.45, 2.75) is 103 Å². The first-order valence-electron chi connectivity index (χ1n) is 13.6. The second-order valence-electron chi connectivity index (χ2n) is 10.3. The molecule has 1 saturated carbocycles. The number of nitrogens with zero attached hydrogens (tertiary/aromatic N) is 1. The van der Waals surface area contributed by atoms with Gasteiger partial charge in [0.15, 0.2) is 11.5 Å². The summed E-state index contributed by atoms with van der Waals surface area (Å²) in [5.41, 5.74) is 2.06. The molecule has 1 aromatic rings. The number of hydrogen-bond acceptors (Lipinski definition) is 4. The van der Waals surface area contributed by atoms with E-state index in [4.69, 9.17) is 21.1 Å². The van der Waals surface area contributed by atoms with Gasteiger partial charge in [0.05, 0.1) is 13.2 Å². The minimum Gasteiger partial charge on any atom is -0.493 e. The maximum Gasteiger partial charge on any atom is 0.247 e. The van der Waals surface area contributed by atoms with Gasteiger partial charge < -0.3 is 19.7 Å². The van der Waals surface area contributed by atoms with Crippen molar-refractivity contribution in [2.75, 3.05) is 19.5 Å². The van der Waals surface area contributed by atoms with E-state index < -0.39 is 6.04 Å². The minimum atomic E-state index is -0.786. The summed E-state index contributed by atoms with van der Waals surface area (Å²) in [5.74, 6) is 0.592. The van der Waals surface area contributed by atoms with E-state index in [0.29, 0.717) is 23.6 Å². The number of halogens is 1. The highest BCUT2D eigenvalue weighted by atomic mass is 35.5. The van der Waals surface area contributed by atoms with Gasteiger partial charge in [-0.05, 0) is 76.5 Å². The molecule has 1 aromatic carbocycles. The van der Waals surface area contributed by atoms with Crippen molar-refractivity contribution in [3.05, 3.63) is 35.4 Å². The predicted octanol–water partition coefficient (Wildman–Crippen LogP) is 6.32. The summed E-state index contributed by atoms with van der Waals surface area (Å²) in [6.07, 6.45) is 14.1. The molecule has 2 aliphatic carbocycles. The Hall–Kier alpha value is -2.21. The highest BCUT2D eigenvalue weighted by molar-refractivity contribution is 6.27. The van der Waals surface area contributed by atoms with E-state index in [9.17, 15) is 9.59 Å². The van der Waals surface area contributed by atoms with Crippen molar-refractivity contribution in [3.8, 4) is 11.5 Å². The number of hydrogen-bond donors (Lipinski definition) is 1. The van der Waals surface area contributed by atoms with E-state index in [1.54, 1.807) is 12.0 Å². The topological polar surface area (TPSA) is 67.9 Å². The zero-order valence-electron chi connectivity index (χ0n) is 22.2. The standard InChI is InChI=1S/C29H43ClN2O4/c1-21(2)36-25-16-15-23(19-26(25)35-3)28(29(34)31-24-13-9-4-5-10-14-24)32(27(33)20-30)18-17-22-11-7-6-8-12-22/h11,15-16,19,21,24,28H,4-10,12-14,17-18,20H2,1-3H3,(H,31,34)/t28-/m0/s1. The van der Waals surface area contributed by atoms with Crippen LogP contribution in [0.3, 0.4) is 0 Å². The third kappa shape index (κ3) is 8.16. The van der Waals surface area contributed by atoms with Crippen LogP contribution in [0.15, 0.2) is 29.8 Å². The Morgan fingerprint density at radius 3 is 2.44 bits per heavy atom. The molecule has 3 rings (SSSR count). The fraction of sp³-hybridized carbons (Fsp3) is 0.655. The predicted molar refractivity (Wildman–Crippen MR) is 145 cm³/mol. The lowest BCUT2D eigenvalue weighted by Gasteiger charge is -2.33. The second-order valence-corrected chi connectivity index (χ2v) is 10.5. The summed E-state index contributed by atoms with van der Waals surface area (Å²) < 4.78 is 11.5. The molecule has 0 radical (unpaired) electrons. The van der Waals surface area contributed by atoms with Gasteiger partial charge in [0, 0.05) is 12.6 Å². The number of benzene rings is 1. The quantitative estimate of drug-likeness (QED) is 0.211. The molecule has 36 heavy (non-hydrogen) atoms. The number of carbonyl (C=O) groups excluding carboxylic acids is 2. The van der Waals surface area contributed by atoms with E-state index in [2.05, 4.69) is 11.4 Å². The molecule has 2 aliphatic rings. The van der Waals surface area contributed by atoms with Gasteiger partial charge in [0.2, 0.25) is 11.8 Å². The Kier molecular flexibility index (Phi) is 11.4. The average molecular weight is 519 g/mol. The molecular formula is C29H43ClN2O4. The summed E-state index contributed by atoms with van der Waals surface area (Å²) in [6, 6.07) is 4.86. The van der Waals surface area contributed by atoms with Crippen molar-refractivity contribution < 1.29 is 19.1 Å². The van der Waals surface area contributed by atoms with Gasteiger partial charge in [0.25, 0.3) is 0 Å². The van der Waals surface area contributed by atoms with E-state index in [-0.39, 0.29) is 29.8 Å². The SMILES string of the molecule is COc1cc([C@@H](C(=O)NC2CCCCCC2)N(CCC2=CCCCC2)C(=O)CCl)ccc1OC(C)C. The highest BCUT2D eigenvalue weighted by Crippen LogP contribution is 2.34. The van der Waals surface area contributed by atoms with Crippen LogP contribution >= 0.6 is 11.6 Å². The van der Waals surface area contributed by atoms with Crippen molar-refractivity contribution in [1.82, 2.24) is 10.2 Å². The van der Waals surface area contributed by atoms with E-state index in [0.717, 1.165) is 44.9 Å². The Balaban J connectivity index is 1.93. The van der Waals surface area contributed by atoms with Crippen molar-refractivity contribution >= 4 is 23.4 Å². The zero-order chi connectivity index (χ0) is 25.9. The van der Waals surface area contributed by atoms with Crippen LogP contribution < -0.4 is 14.8 Å². The van der Waals surface area contributed by atoms with E-state index >= 15 is 0 Å². The molecule has 6 nitrogen and oxygen atoms in total. The molecule has 0 spiro atoms. The zero-order valence-corrected chi connectivity index (χ0v) is 22.9. The summed E-state index contributed by atoms with van der Waals surface area (Å²) in [7, 11) is 1.59. The molecule has 0 saturated heterocycles. The largest absolute Gasteiger partial charge is 0.493 e. The number of amides is 2. The Labute approximate surface area is 221 Å². The molecule has 0 heterocycles. The van der Waals surface area contributed by atoms with E-state index in [1.165, 1.54) is 31.3 Å². The summed E-state index contributed by atoms with van der Waals surface area (Å²) in [5, 5.41) is 3.28. The Morgan fingerprint density at radius 2 is 1.83 bits per heavy atom. The minimum absolute atomic E-state index is 0.0165. The maximum absolute atomic E-state index is 13.9. The smallest absolute Gasteiger partial charge is 0.247 e. The molecule has 2 amide bonds. The molecule has 7 heteroatoms. The number of methoxy groups -OCH3 is 1. The van der Waals surface area contributed by atoms with E-state index in [1.807, 2.05) is 32.0 Å². The normalized spacial score (nSPS) is 17.6. The molecule has 1 N–H and O–H groups in total. The number of alkyl halides is 1. The second kappa shape index (κ2) is 14.5. The fourth-order valence-corrected chi connectivity index (χ4v) is 5.41. The molecule has 0 aromatic heterocycles. The molecule has 0 bridgehead atoms. The number of nitrogens with one attached hydrogen (secondary N) is 1. The maximum atomic E-state index is 13.9. The van der Waals surface area contributed by atoms with Crippen LogP contribution in [0, 0.1) is 0 Å². The molecule has 0 unspecified atom stereocenters. The Morgan fingerprint density at radius 1 is 1.08 bits per heavy atom. The number of rotatable bonds is 11. The van der Waals surface area contributed by atoms with Gasteiger partial charge in [-0.25, -0.2) is 0 Å². The van der Waals surface area contributed by atoms with Gasteiger partial charge in [-0.15, -0.1) is 11.6 Å². The summed E-state index contributed by atoms with van der Waals surface area (Å²) >= 11 is 6.08. The van der Waals surface area contributed by atoms with Crippen LogP contribution in [0.25, 0.3) is 0 Å². The van der Waals surface area contributed by atoms with Crippen molar-refractivity contribution in [3.63, 3.8) is 0 Å². The highest BCUT2D eigenvalue weighted by Gasteiger charge is 2.33. The third-order valence-electron chi connectivity index (χ3n) is 7.12. The Bertz CT molecular complexity index is 893. The third-order valence-corrected chi connectivity index (χ3v) is 7.35. The van der Waals surface area contributed by atoms with Crippen LogP contribution in [-0.2, 0) is 9.59 Å². The van der Waals surface area contributed by atoms with Crippen LogP contribution in [0.1, 0.15) is 96.1 Å². The van der Waals surface area contributed by atoms with Gasteiger partial charge in [-0.2, -0.15) is 0 Å².